The molecule has 1 atom stereocenters. The van der Waals surface area contributed by atoms with Crippen LogP contribution in [0.4, 0.5) is 0 Å². The zero-order valence-corrected chi connectivity index (χ0v) is 11.9. The Labute approximate surface area is 115 Å². The Hall–Kier alpha value is -1.55. The first kappa shape index (κ1) is 15.5. The summed E-state index contributed by atoms with van der Waals surface area (Å²) in [5.41, 5.74) is 1.09. The van der Waals surface area contributed by atoms with E-state index in [1.54, 1.807) is 0 Å². The fraction of sp³-hybridized carbons (Fsp3) is 0.533. The summed E-state index contributed by atoms with van der Waals surface area (Å²) in [7, 11) is 0. The van der Waals surface area contributed by atoms with E-state index in [2.05, 4.69) is 5.32 Å². The molecule has 0 saturated heterocycles. The molecule has 0 aromatic heterocycles. The van der Waals surface area contributed by atoms with Gasteiger partial charge in [0.2, 0.25) is 0 Å². The highest BCUT2D eigenvalue weighted by Crippen LogP contribution is 2.13. The molecule has 1 unspecified atom stereocenters. The summed E-state index contributed by atoms with van der Waals surface area (Å²) in [6, 6.07) is 7.52. The second-order valence-corrected chi connectivity index (χ2v) is 4.14. The Kier molecular flexibility index (Phi) is 6.97. The van der Waals surface area contributed by atoms with E-state index in [1.807, 2.05) is 45.0 Å². The second kappa shape index (κ2) is 8.53. The Bertz CT molecular complexity index is 375. The van der Waals surface area contributed by atoms with E-state index in [0.717, 1.165) is 17.9 Å². The molecule has 4 nitrogen and oxygen atoms in total. The third-order valence-corrected chi connectivity index (χ3v) is 2.70. The Balaban J connectivity index is 2.64. The predicted octanol–water partition coefficient (Wildman–Crippen LogP) is 2.17. The van der Waals surface area contributed by atoms with Crippen LogP contribution in [-0.4, -0.2) is 31.8 Å². The normalized spacial score (nSPS) is 11.9. The minimum atomic E-state index is -0.289. The van der Waals surface area contributed by atoms with Crippen LogP contribution in [0, 0.1) is 0 Å². The van der Waals surface area contributed by atoms with Gasteiger partial charge in [0.15, 0.2) is 0 Å². The summed E-state index contributed by atoms with van der Waals surface area (Å²) in [5.74, 6) is 0.653. The van der Waals surface area contributed by atoms with Crippen LogP contribution < -0.4 is 10.1 Å². The van der Waals surface area contributed by atoms with Gasteiger partial charge in [-0.2, -0.15) is 0 Å². The standard InChI is InChI=1S/C15H23NO3/c1-4-16-14(15(17)19-6-3)11-12-7-9-13(10-8-12)18-5-2/h7-10,14,16H,4-6,11H2,1-3H3. The molecule has 19 heavy (non-hydrogen) atoms. The second-order valence-electron chi connectivity index (χ2n) is 4.14. The van der Waals surface area contributed by atoms with Crippen molar-refractivity contribution in [3.05, 3.63) is 29.8 Å². The maximum absolute atomic E-state index is 11.8. The van der Waals surface area contributed by atoms with E-state index < -0.39 is 0 Å². The summed E-state index contributed by atoms with van der Waals surface area (Å²) in [6.45, 7) is 7.55. The fourth-order valence-corrected chi connectivity index (χ4v) is 1.85. The van der Waals surface area contributed by atoms with Crippen LogP contribution in [0.1, 0.15) is 26.3 Å². The molecule has 106 valence electrons. The van der Waals surface area contributed by atoms with Crippen molar-refractivity contribution >= 4 is 5.97 Å². The fourth-order valence-electron chi connectivity index (χ4n) is 1.85. The van der Waals surface area contributed by atoms with Gasteiger partial charge in [-0.3, -0.25) is 4.79 Å². The number of benzene rings is 1. The zero-order valence-electron chi connectivity index (χ0n) is 11.9. The average Bonchev–Trinajstić information content (AvgIpc) is 2.41. The molecule has 0 spiro atoms. The molecule has 0 aliphatic carbocycles. The molecule has 4 heteroatoms. The van der Waals surface area contributed by atoms with E-state index in [4.69, 9.17) is 9.47 Å². The lowest BCUT2D eigenvalue weighted by atomic mass is 10.1. The van der Waals surface area contributed by atoms with E-state index >= 15 is 0 Å². The summed E-state index contributed by atoms with van der Waals surface area (Å²) in [4.78, 5) is 11.8. The summed E-state index contributed by atoms with van der Waals surface area (Å²) in [5, 5.41) is 3.15. The van der Waals surface area contributed by atoms with Gasteiger partial charge in [0.25, 0.3) is 0 Å². The van der Waals surface area contributed by atoms with Crippen molar-refractivity contribution in [2.45, 2.75) is 33.2 Å². The van der Waals surface area contributed by atoms with Crippen LogP contribution in [-0.2, 0) is 16.0 Å². The number of rotatable bonds is 8. The lowest BCUT2D eigenvalue weighted by Gasteiger charge is -2.16. The number of esters is 1. The van der Waals surface area contributed by atoms with Gasteiger partial charge in [-0.25, -0.2) is 0 Å². The number of ether oxygens (including phenoxy) is 2. The highest BCUT2D eigenvalue weighted by molar-refractivity contribution is 5.76. The average molecular weight is 265 g/mol. The topological polar surface area (TPSA) is 47.6 Å². The molecule has 0 aliphatic rings. The van der Waals surface area contributed by atoms with Gasteiger partial charge < -0.3 is 14.8 Å². The first-order valence-electron chi connectivity index (χ1n) is 6.83. The molecular formula is C15H23NO3. The van der Waals surface area contributed by atoms with E-state index in [9.17, 15) is 4.79 Å². The molecule has 1 N–H and O–H groups in total. The van der Waals surface area contributed by atoms with Crippen molar-refractivity contribution in [2.24, 2.45) is 0 Å². The van der Waals surface area contributed by atoms with Gasteiger partial charge in [0.1, 0.15) is 11.8 Å². The predicted molar refractivity (Wildman–Crippen MR) is 75.4 cm³/mol. The SMILES string of the molecule is CCNC(Cc1ccc(OCC)cc1)C(=O)OCC. The van der Waals surface area contributed by atoms with Crippen molar-refractivity contribution < 1.29 is 14.3 Å². The smallest absolute Gasteiger partial charge is 0.323 e. The number of nitrogens with one attached hydrogen (secondary N) is 1. The number of hydrogen-bond acceptors (Lipinski definition) is 4. The monoisotopic (exact) mass is 265 g/mol. The third kappa shape index (κ3) is 5.30. The third-order valence-electron chi connectivity index (χ3n) is 2.70. The molecule has 0 aliphatic heterocycles. The molecule has 0 heterocycles. The molecular weight excluding hydrogens is 242 g/mol. The summed E-state index contributed by atoms with van der Waals surface area (Å²) < 4.78 is 10.5. The van der Waals surface area contributed by atoms with Crippen molar-refractivity contribution in [1.29, 1.82) is 0 Å². The van der Waals surface area contributed by atoms with E-state index in [0.29, 0.717) is 19.6 Å². The van der Waals surface area contributed by atoms with Gasteiger partial charge in [0, 0.05) is 0 Å². The Morgan fingerprint density at radius 1 is 1.16 bits per heavy atom. The van der Waals surface area contributed by atoms with Crippen molar-refractivity contribution in [1.82, 2.24) is 5.32 Å². The van der Waals surface area contributed by atoms with Crippen molar-refractivity contribution in [2.75, 3.05) is 19.8 Å². The van der Waals surface area contributed by atoms with E-state index in [1.165, 1.54) is 0 Å². The van der Waals surface area contributed by atoms with Crippen molar-refractivity contribution in [3.8, 4) is 5.75 Å². The first-order chi connectivity index (χ1) is 9.21. The quantitative estimate of drug-likeness (QED) is 0.732. The first-order valence-corrected chi connectivity index (χ1v) is 6.83. The van der Waals surface area contributed by atoms with Crippen LogP contribution in [0.15, 0.2) is 24.3 Å². The molecule has 1 aromatic rings. The molecule has 0 fully saturated rings. The molecule has 0 saturated carbocycles. The summed E-state index contributed by atoms with van der Waals surface area (Å²) >= 11 is 0. The van der Waals surface area contributed by atoms with Crippen LogP contribution in [0.25, 0.3) is 0 Å². The lowest BCUT2D eigenvalue weighted by molar-refractivity contribution is -0.145. The maximum Gasteiger partial charge on any atom is 0.323 e. The number of likely N-dealkylation sites (N-methyl/N-ethyl adjacent to an activating group) is 1. The van der Waals surface area contributed by atoms with E-state index in [-0.39, 0.29) is 12.0 Å². The van der Waals surface area contributed by atoms with Gasteiger partial charge in [-0.1, -0.05) is 19.1 Å². The number of carbonyl (C=O) groups excluding carboxylic acids is 1. The Morgan fingerprint density at radius 3 is 2.37 bits per heavy atom. The highest BCUT2D eigenvalue weighted by Gasteiger charge is 2.18. The highest BCUT2D eigenvalue weighted by atomic mass is 16.5. The molecule has 1 aromatic carbocycles. The minimum Gasteiger partial charge on any atom is -0.494 e. The Morgan fingerprint density at radius 2 is 1.84 bits per heavy atom. The van der Waals surface area contributed by atoms with Crippen molar-refractivity contribution in [3.63, 3.8) is 0 Å². The minimum absolute atomic E-state index is 0.196. The van der Waals surface area contributed by atoms with Gasteiger partial charge in [-0.15, -0.1) is 0 Å². The summed E-state index contributed by atoms with van der Waals surface area (Å²) in [6.07, 6.45) is 0.624. The van der Waals surface area contributed by atoms with Crippen LogP contribution in [0.5, 0.6) is 5.75 Å². The molecule has 0 radical (unpaired) electrons. The van der Waals surface area contributed by atoms with Gasteiger partial charge in [0.05, 0.1) is 13.2 Å². The lowest BCUT2D eigenvalue weighted by Crippen LogP contribution is -2.39. The largest absolute Gasteiger partial charge is 0.494 e. The molecule has 1 rings (SSSR count). The number of hydrogen-bond donors (Lipinski definition) is 1. The number of carbonyl (C=O) groups is 1. The van der Waals surface area contributed by atoms with Gasteiger partial charge >= 0.3 is 5.97 Å². The maximum atomic E-state index is 11.8. The molecule has 0 bridgehead atoms. The van der Waals surface area contributed by atoms with Crippen LogP contribution in [0.2, 0.25) is 0 Å². The van der Waals surface area contributed by atoms with Crippen LogP contribution >= 0.6 is 0 Å². The van der Waals surface area contributed by atoms with Crippen LogP contribution in [0.3, 0.4) is 0 Å². The molecule has 0 amide bonds. The zero-order chi connectivity index (χ0) is 14.1. The van der Waals surface area contributed by atoms with Gasteiger partial charge in [-0.05, 0) is 44.5 Å².